The monoisotopic (exact) mass is 1130 g/mol. The van der Waals surface area contributed by atoms with Gasteiger partial charge in [-0.2, -0.15) is 0 Å². The van der Waals surface area contributed by atoms with Crippen molar-refractivity contribution in [1.29, 1.82) is 0 Å². The number of hydrogen-bond acceptors (Lipinski definition) is 10. The van der Waals surface area contributed by atoms with Crippen LogP contribution < -0.4 is 5.73 Å². The number of aromatic nitrogens is 3. The molecule has 3 saturated heterocycles. The number of nitrogens with two attached hydrogens (primary N) is 1. The molecule has 0 unspecified atom stereocenters. The topological polar surface area (TPSA) is 186 Å². The van der Waals surface area contributed by atoms with Crippen LogP contribution in [0.2, 0.25) is 0 Å². The molecule has 3 fully saturated rings. The number of primary amides is 1. The Hall–Kier alpha value is -9.48. The number of carbonyl (C=O) groups excluding carboxylic acids is 6. The molecule has 2 N–H and O–H groups in total. The van der Waals surface area contributed by atoms with Crippen molar-refractivity contribution in [2.24, 2.45) is 5.73 Å². The van der Waals surface area contributed by atoms with Gasteiger partial charge in [0.15, 0.2) is 11.6 Å². The Morgan fingerprint density at radius 2 is 0.702 bits per heavy atom. The number of amides is 4. The first-order valence-corrected chi connectivity index (χ1v) is 27.5. The summed E-state index contributed by atoms with van der Waals surface area (Å²) in [7, 11) is 0. The van der Waals surface area contributed by atoms with Crippen LogP contribution in [0, 0.1) is 17.5 Å². The Morgan fingerprint density at radius 3 is 1.02 bits per heavy atom. The van der Waals surface area contributed by atoms with Crippen molar-refractivity contribution in [2.45, 2.75) is 53.4 Å². The quantitative estimate of drug-likeness (QED) is 0.136. The molecule has 0 spiro atoms. The summed E-state index contributed by atoms with van der Waals surface area (Å²) in [6.45, 7) is 8.14. The predicted molar refractivity (Wildman–Crippen MR) is 318 cm³/mol. The van der Waals surface area contributed by atoms with E-state index < -0.39 is 5.91 Å². The minimum absolute atomic E-state index is 0. The summed E-state index contributed by atoms with van der Waals surface area (Å²) in [4.78, 5) is 92.7. The molecule has 12 rings (SSSR count). The number of hydrogen-bond donors (Lipinski definition) is 1. The zero-order valence-electron chi connectivity index (χ0n) is 45.8. The van der Waals surface area contributed by atoms with Gasteiger partial charge in [-0.3, -0.25) is 28.8 Å². The number of likely N-dealkylation sites (tertiary alicyclic amines) is 2. The van der Waals surface area contributed by atoms with Crippen molar-refractivity contribution in [1.82, 2.24) is 29.7 Å². The zero-order chi connectivity index (χ0) is 58.3. The van der Waals surface area contributed by atoms with Gasteiger partial charge in [-0.1, -0.05) is 62.0 Å². The summed E-state index contributed by atoms with van der Waals surface area (Å²) in [5, 5.41) is 2.39. The summed E-state index contributed by atoms with van der Waals surface area (Å²) in [6.07, 6.45) is 5.24. The summed E-state index contributed by atoms with van der Waals surface area (Å²) >= 11 is 0. The van der Waals surface area contributed by atoms with Gasteiger partial charge in [0, 0.05) is 86.0 Å². The maximum atomic E-state index is 13.3. The molecule has 0 aliphatic carbocycles. The normalized spacial score (nSPS) is 14.0. The summed E-state index contributed by atoms with van der Waals surface area (Å²) in [6, 6.07) is 39.3. The first-order chi connectivity index (χ1) is 40.1. The second-order valence-electron chi connectivity index (χ2n) is 20.6. The number of ether oxygens (including phenoxy) is 1. The van der Waals surface area contributed by atoms with Crippen LogP contribution in [0.25, 0.3) is 66.1 Å². The summed E-state index contributed by atoms with van der Waals surface area (Å²) in [5.74, 6) is -2.08. The lowest BCUT2D eigenvalue weighted by atomic mass is 9.98. The van der Waals surface area contributed by atoms with Crippen LogP contribution in [0.5, 0.6) is 0 Å². The molecule has 3 aliphatic rings. The van der Waals surface area contributed by atoms with Crippen LogP contribution in [0.15, 0.2) is 146 Å². The lowest BCUT2D eigenvalue weighted by Crippen LogP contribution is -2.40. The third-order valence-electron chi connectivity index (χ3n) is 14.9. The summed E-state index contributed by atoms with van der Waals surface area (Å²) in [5.41, 5.74) is 14.1. The molecule has 3 aliphatic heterocycles. The molecular formula is C67H62F3N7O7. The van der Waals surface area contributed by atoms with Gasteiger partial charge in [0.1, 0.15) is 34.5 Å². The van der Waals surface area contributed by atoms with Crippen LogP contribution in [-0.2, 0) is 4.74 Å². The second kappa shape index (κ2) is 26.2. The van der Waals surface area contributed by atoms with Crippen molar-refractivity contribution in [2.75, 3.05) is 52.5 Å². The third-order valence-corrected chi connectivity index (χ3v) is 14.9. The Bertz CT molecular complexity index is 3800. The van der Waals surface area contributed by atoms with Crippen LogP contribution >= 0.6 is 0 Å². The van der Waals surface area contributed by atoms with Crippen LogP contribution in [0.4, 0.5) is 13.2 Å². The number of Topliss-reactive ketones (excluding diaryl/α,β-unsaturated/α-hetero) is 2. The Labute approximate surface area is 484 Å². The van der Waals surface area contributed by atoms with E-state index in [1.807, 2.05) is 28.0 Å². The van der Waals surface area contributed by atoms with Gasteiger partial charge >= 0.3 is 0 Å². The van der Waals surface area contributed by atoms with Gasteiger partial charge in [0.05, 0.1) is 29.8 Å². The molecule has 0 radical (unpaired) electrons. The van der Waals surface area contributed by atoms with E-state index in [-0.39, 0.29) is 59.9 Å². The Balaban J connectivity index is 0.000000150. The average molecular weight is 1130 g/mol. The van der Waals surface area contributed by atoms with E-state index in [4.69, 9.17) is 10.5 Å². The molecule has 9 aromatic rings. The highest BCUT2D eigenvalue weighted by Gasteiger charge is 2.24. The van der Waals surface area contributed by atoms with Crippen LogP contribution in [0.1, 0.15) is 116 Å². The lowest BCUT2D eigenvalue weighted by Gasteiger charge is -2.27. The standard InChI is InChI=1S/C23H21FN2O2.C22H19FN2O3.C21H18FN3O2.CH4/c1-15(27)21-14-20(16-5-8-18(24)9-6-16)19-10-7-17(13-22(19)25-21)23(28)26-11-3-2-4-12-26;1-14(26)20-13-19(15-2-5-17(23)6-3-15)18-7-4-16(12-21(18)24-20)22(27)25-8-10-28-11-9-25;22-15-6-3-13(4-7-15)17-12-19(20(23)26)24-18-11-14(5-8-16(17)18)21(27)25-9-1-2-10-25;/h5-10,13-14H,2-4,11-12H2,1H3;2-7,12-13H,8-11H2,1H3;3-8,11-12H,1-2,9-10H2,(H2,23,26);1H4. The van der Waals surface area contributed by atoms with Crippen molar-refractivity contribution < 1.29 is 46.7 Å². The first-order valence-electron chi connectivity index (χ1n) is 27.5. The van der Waals surface area contributed by atoms with E-state index in [1.165, 1.54) is 50.2 Å². The van der Waals surface area contributed by atoms with Gasteiger partial charge in [0.2, 0.25) is 0 Å². The highest BCUT2D eigenvalue weighted by molar-refractivity contribution is 6.07. The highest BCUT2D eigenvalue weighted by atomic mass is 19.1. The van der Waals surface area contributed by atoms with Crippen molar-refractivity contribution in [3.63, 3.8) is 0 Å². The predicted octanol–water partition coefficient (Wildman–Crippen LogP) is 12.6. The molecule has 0 atom stereocenters. The summed E-state index contributed by atoms with van der Waals surface area (Å²) < 4.78 is 45.2. The molecule has 4 amide bonds. The number of rotatable bonds is 9. The van der Waals surface area contributed by atoms with E-state index in [0.29, 0.717) is 76.5 Å². The van der Waals surface area contributed by atoms with E-state index in [9.17, 15) is 41.9 Å². The second-order valence-corrected chi connectivity index (χ2v) is 20.6. The Kier molecular flexibility index (Phi) is 18.4. The van der Waals surface area contributed by atoms with Gasteiger partial charge in [-0.25, -0.2) is 28.1 Å². The number of morpholine rings is 1. The fourth-order valence-corrected chi connectivity index (χ4v) is 10.5. The number of piperidine rings is 1. The third kappa shape index (κ3) is 13.4. The van der Waals surface area contributed by atoms with E-state index in [1.54, 1.807) is 95.9 Å². The van der Waals surface area contributed by atoms with E-state index in [0.717, 1.165) is 102 Å². The molecule has 17 heteroatoms. The van der Waals surface area contributed by atoms with Crippen molar-refractivity contribution >= 4 is 67.9 Å². The van der Waals surface area contributed by atoms with Crippen molar-refractivity contribution in [3.8, 4) is 33.4 Å². The maximum absolute atomic E-state index is 13.3. The SMILES string of the molecule is C.CC(=O)c1cc(-c2ccc(F)cc2)c2ccc(C(=O)N3CCCCC3)cc2n1.CC(=O)c1cc(-c2ccc(F)cc2)c2ccc(C(=O)N3CCOCC3)cc2n1.NC(=O)c1cc(-c2ccc(F)cc2)c2ccc(C(=O)N3CCCC3)cc2n1. The smallest absolute Gasteiger partial charge is 0.267 e. The highest BCUT2D eigenvalue weighted by Crippen LogP contribution is 2.34. The number of fused-ring (bicyclic) bond motifs is 3. The van der Waals surface area contributed by atoms with E-state index in [2.05, 4.69) is 15.0 Å². The number of ketones is 2. The molecule has 14 nitrogen and oxygen atoms in total. The fourth-order valence-electron chi connectivity index (χ4n) is 10.5. The fraction of sp³-hybridized carbons (Fsp3) is 0.239. The van der Waals surface area contributed by atoms with Crippen LogP contribution in [0.3, 0.4) is 0 Å². The molecule has 0 bridgehead atoms. The van der Waals surface area contributed by atoms with Gasteiger partial charge in [-0.15, -0.1) is 0 Å². The molecule has 6 aromatic carbocycles. The number of benzene rings is 6. The number of halogens is 3. The number of pyridine rings is 3. The van der Waals surface area contributed by atoms with Crippen LogP contribution in [-0.4, -0.2) is 117 Å². The average Bonchev–Trinajstić information content (AvgIpc) is 3.35. The van der Waals surface area contributed by atoms with Gasteiger partial charge < -0.3 is 25.2 Å². The minimum atomic E-state index is -0.656. The molecule has 0 saturated carbocycles. The first kappa shape index (κ1) is 59.2. The lowest BCUT2D eigenvalue weighted by molar-refractivity contribution is 0.0303. The van der Waals surface area contributed by atoms with Gasteiger partial charge in [-0.05, 0) is 156 Å². The Morgan fingerprint density at radius 1 is 0.405 bits per heavy atom. The number of carbonyl (C=O) groups is 6. The molecule has 6 heterocycles. The van der Waals surface area contributed by atoms with Crippen molar-refractivity contribution in [3.05, 3.63) is 197 Å². The molecule has 428 valence electrons. The van der Waals surface area contributed by atoms with E-state index >= 15 is 0 Å². The van der Waals surface area contributed by atoms with Gasteiger partial charge in [0.25, 0.3) is 23.6 Å². The zero-order valence-corrected chi connectivity index (χ0v) is 45.8. The molecular weight excluding hydrogens is 1070 g/mol. The maximum Gasteiger partial charge on any atom is 0.267 e. The molecule has 84 heavy (non-hydrogen) atoms. The number of nitrogens with zero attached hydrogens (tertiary/aromatic N) is 6. The minimum Gasteiger partial charge on any atom is -0.378 e. The largest absolute Gasteiger partial charge is 0.378 e. The molecule has 3 aromatic heterocycles.